The van der Waals surface area contributed by atoms with Crippen LogP contribution in [0.25, 0.3) is 16.9 Å². The maximum Gasteiger partial charge on any atom is 0.219 e. The van der Waals surface area contributed by atoms with Crippen LogP contribution in [0.5, 0.6) is 5.88 Å². The highest BCUT2D eigenvalue weighted by Crippen LogP contribution is 2.34. The van der Waals surface area contributed by atoms with Crippen molar-refractivity contribution in [2.24, 2.45) is 0 Å². The molecule has 0 amide bonds. The first kappa shape index (κ1) is 19.3. The highest BCUT2D eigenvalue weighted by Gasteiger charge is 2.18. The standard InChI is InChI=1S/C25H18FN3OS/c26-19-11-13-20(14-12-19)31-24-23-27-21(15-17-7-3-1-4-8-17)25(30)29(23)16-22(28-24)18-9-5-2-6-10-18/h1-14,16,30H,15H2. The second kappa shape index (κ2) is 8.24. The predicted molar refractivity (Wildman–Crippen MR) is 120 cm³/mol. The average molecular weight is 428 g/mol. The zero-order chi connectivity index (χ0) is 21.2. The smallest absolute Gasteiger partial charge is 0.219 e. The van der Waals surface area contributed by atoms with Crippen molar-refractivity contribution in [3.63, 3.8) is 0 Å². The molecule has 5 rings (SSSR count). The quantitative estimate of drug-likeness (QED) is 0.375. The molecule has 0 saturated heterocycles. The van der Waals surface area contributed by atoms with Crippen LogP contribution in [0.4, 0.5) is 4.39 Å². The molecule has 0 fully saturated rings. The number of rotatable bonds is 5. The molecule has 0 aliphatic carbocycles. The zero-order valence-corrected chi connectivity index (χ0v) is 17.3. The Hall–Kier alpha value is -3.64. The van der Waals surface area contributed by atoms with Crippen LogP contribution in [0.3, 0.4) is 0 Å². The van der Waals surface area contributed by atoms with E-state index in [9.17, 15) is 9.50 Å². The summed E-state index contributed by atoms with van der Waals surface area (Å²) in [4.78, 5) is 10.4. The van der Waals surface area contributed by atoms with Gasteiger partial charge in [0, 0.05) is 23.1 Å². The molecule has 0 atom stereocenters. The van der Waals surface area contributed by atoms with E-state index in [1.54, 1.807) is 22.7 Å². The minimum absolute atomic E-state index is 0.0967. The summed E-state index contributed by atoms with van der Waals surface area (Å²) >= 11 is 1.39. The highest BCUT2D eigenvalue weighted by molar-refractivity contribution is 7.99. The van der Waals surface area contributed by atoms with Crippen molar-refractivity contribution in [3.05, 3.63) is 108 Å². The molecule has 6 heteroatoms. The number of benzene rings is 3. The number of aromatic nitrogens is 3. The largest absolute Gasteiger partial charge is 0.493 e. The van der Waals surface area contributed by atoms with Crippen LogP contribution in [0, 0.1) is 5.82 Å². The number of imidazole rings is 1. The van der Waals surface area contributed by atoms with Gasteiger partial charge in [-0.15, -0.1) is 0 Å². The number of hydrogen-bond acceptors (Lipinski definition) is 4. The molecule has 4 nitrogen and oxygen atoms in total. The zero-order valence-electron chi connectivity index (χ0n) is 16.4. The lowest BCUT2D eigenvalue weighted by Gasteiger charge is -2.08. The number of fused-ring (bicyclic) bond motifs is 1. The van der Waals surface area contributed by atoms with E-state index >= 15 is 0 Å². The van der Waals surface area contributed by atoms with E-state index in [2.05, 4.69) is 0 Å². The lowest BCUT2D eigenvalue weighted by Crippen LogP contribution is -1.95. The molecule has 31 heavy (non-hydrogen) atoms. The fourth-order valence-corrected chi connectivity index (χ4v) is 4.27. The Morgan fingerprint density at radius 2 is 1.52 bits per heavy atom. The van der Waals surface area contributed by atoms with Crippen molar-refractivity contribution in [3.8, 4) is 17.1 Å². The normalized spacial score (nSPS) is 11.1. The first-order valence-corrected chi connectivity index (χ1v) is 10.6. The third-order valence-corrected chi connectivity index (χ3v) is 5.91. The Morgan fingerprint density at radius 1 is 0.839 bits per heavy atom. The molecule has 0 aliphatic heterocycles. The van der Waals surface area contributed by atoms with Crippen molar-refractivity contribution in [2.45, 2.75) is 16.3 Å². The summed E-state index contributed by atoms with van der Waals surface area (Å²) in [7, 11) is 0. The Kier molecular flexibility index (Phi) is 5.14. The van der Waals surface area contributed by atoms with Crippen LogP contribution in [-0.4, -0.2) is 19.5 Å². The second-order valence-corrected chi connectivity index (χ2v) is 8.15. The molecule has 1 N–H and O–H groups in total. The van der Waals surface area contributed by atoms with E-state index in [4.69, 9.17) is 9.97 Å². The van der Waals surface area contributed by atoms with Crippen LogP contribution in [0.15, 0.2) is 101 Å². The molecule has 0 aliphatic rings. The van der Waals surface area contributed by atoms with Gasteiger partial charge in [0.15, 0.2) is 5.65 Å². The SMILES string of the molecule is Oc1c(Cc2ccccc2)nc2c(Sc3ccc(F)cc3)nc(-c3ccccc3)cn12. The lowest BCUT2D eigenvalue weighted by molar-refractivity contribution is 0.442. The van der Waals surface area contributed by atoms with Gasteiger partial charge in [-0.1, -0.05) is 72.4 Å². The van der Waals surface area contributed by atoms with Gasteiger partial charge in [0.1, 0.15) is 16.5 Å². The minimum atomic E-state index is -0.288. The maximum absolute atomic E-state index is 13.4. The molecular formula is C25H18FN3OS. The van der Waals surface area contributed by atoms with E-state index in [-0.39, 0.29) is 11.7 Å². The fraction of sp³-hybridized carbons (Fsp3) is 0.0400. The van der Waals surface area contributed by atoms with Crippen LogP contribution >= 0.6 is 11.8 Å². The summed E-state index contributed by atoms with van der Waals surface area (Å²) in [6.07, 6.45) is 2.31. The topological polar surface area (TPSA) is 50.4 Å². The van der Waals surface area contributed by atoms with Gasteiger partial charge in [-0.25, -0.2) is 14.4 Å². The molecule has 152 valence electrons. The van der Waals surface area contributed by atoms with Crippen LogP contribution < -0.4 is 0 Å². The molecule has 0 unspecified atom stereocenters. The van der Waals surface area contributed by atoms with Crippen LogP contribution in [0.1, 0.15) is 11.3 Å². The maximum atomic E-state index is 13.4. The van der Waals surface area contributed by atoms with Crippen molar-refractivity contribution < 1.29 is 9.50 Å². The van der Waals surface area contributed by atoms with Crippen molar-refractivity contribution in [1.82, 2.24) is 14.4 Å². The lowest BCUT2D eigenvalue weighted by atomic mass is 10.1. The molecule has 5 aromatic rings. The summed E-state index contributed by atoms with van der Waals surface area (Å²) in [5, 5.41) is 11.6. The summed E-state index contributed by atoms with van der Waals surface area (Å²) in [5.74, 6) is -0.191. The molecule has 3 aromatic carbocycles. The Labute approximate surface area is 183 Å². The fourth-order valence-electron chi connectivity index (χ4n) is 3.39. The summed E-state index contributed by atoms with van der Waals surface area (Å²) in [5.41, 5.74) is 3.86. The third kappa shape index (κ3) is 4.02. The number of aromatic hydroxyl groups is 1. The van der Waals surface area contributed by atoms with E-state index in [0.29, 0.717) is 22.8 Å². The molecule has 0 spiro atoms. The molecule has 2 heterocycles. The van der Waals surface area contributed by atoms with Gasteiger partial charge >= 0.3 is 0 Å². The van der Waals surface area contributed by atoms with Gasteiger partial charge in [0.2, 0.25) is 5.88 Å². The molecule has 2 aromatic heterocycles. The second-order valence-electron chi connectivity index (χ2n) is 7.09. The third-order valence-electron chi connectivity index (χ3n) is 4.93. The van der Waals surface area contributed by atoms with Crippen LogP contribution in [0.2, 0.25) is 0 Å². The first-order chi connectivity index (χ1) is 15.2. The minimum Gasteiger partial charge on any atom is -0.493 e. The first-order valence-electron chi connectivity index (χ1n) is 9.81. The molecule has 0 bridgehead atoms. The van der Waals surface area contributed by atoms with Crippen molar-refractivity contribution in [1.29, 1.82) is 0 Å². The molecular weight excluding hydrogens is 409 g/mol. The van der Waals surface area contributed by atoms with Gasteiger partial charge < -0.3 is 5.11 Å². The Bertz CT molecular complexity index is 1340. The van der Waals surface area contributed by atoms with E-state index in [0.717, 1.165) is 21.7 Å². The van der Waals surface area contributed by atoms with Crippen LogP contribution in [-0.2, 0) is 6.42 Å². The summed E-state index contributed by atoms with van der Waals surface area (Å²) in [6, 6.07) is 25.9. The van der Waals surface area contributed by atoms with Crippen molar-refractivity contribution in [2.75, 3.05) is 0 Å². The van der Waals surface area contributed by atoms with Crippen molar-refractivity contribution >= 4 is 17.4 Å². The predicted octanol–water partition coefficient (Wildman–Crippen LogP) is 5.98. The van der Waals surface area contributed by atoms with Gasteiger partial charge in [-0.2, -0.15) is 0 Å². The number of nitrogens with zero attached hydrogens (tertiary/aromatic N) is 3. The van der Waals surface area contributed by atoms with Gasteiger partial charge in [-0.05, 0) is 29.8 Å². The van der Waals surface area contributed by atoms with Gasteiger partial charge in [0.25, 0.3) is 0 Å². The monoisotopic (exact) mass is 427 g/mol. The average Bonchev–Trinajstić information content (AvgIpc) is 3.12. The number of hydrogen-bond donors (Lipinski definition) is 1. The number of halogens is 1. The van der Waals surface area contributed by atoms with E-state index in [1.807, 2.05) is 60.7 Å². The van der Waals surface area contributed by atoms with E-state index < -0.39 is 0 Å². The highest BCUT2D eigenvalue weighted by atomic mass is 32.2. The molecule has 0 saturated carbocycles. The van der Waals surface area contributed by atoms with Gasteiger partial charge in [-0.3, -0.25) is 4.40 Å². The Morgan fingerprint density at radius 3 is 2.23 bits per heavy atom. The molecule has 0 radical (unpaired) electrons. The van der Waals surface area contributed by atoms with E-state index in [1.165, 1.54) is 23.9 Å². The van der Waals surface area contributed by atoms with Gasteiger partial charge in [0.05, 0.1) is 5.69 Å². The summed E-state index contributed by atoms with van der Waals surface area (Å²) in [6.45, 7) is 0. The Balaban J connectivity index is 1.64. The summed E-state index contributed by atoms with van der Waals surface area (Å²) < 4.78 is 15.0.